The van der Waals surface area contributed by atoms with Crippen LogP contribution in [0.5, 0.6) is 5.88 Å². The number of imidazole rings is 1. The highest BCUT2D eigenvalue weighted by molar-refractivity contribution is 5.95. The summed E-state index contributed by atoms with van der Waals surface area (Å²) in [6.45, 7) is 4.81. The number of halogens is 2. The van der Waals surface area contributed by atoms with Crippen LogP contribution in [0.25, 0.3) is 22.7 Å². The van der Waals surface area contributed by atoms with Crippen LogP contribution in [0, 0.1) is 17.6 Å². The van der Waals surface area contributed by atoms with E-state index in [4.69, 9.17) is 9.26 Å². The van der Waals surface area contributed by atoms with Crippen LogP contribution in [0.4, 0.5) is 14.5 Å². The van der Waals surface area contributed by atoms with Gasteiger partial charge >= 0.3 is 5.69 Å². The molecule has 4 heterocycles. The van der Waals surface area contributed by atoms with E-state index in [-0.39, 0.29) is 65.7 Å². The predicted octanol–water partition coefficient (Wildman–Crippen LogP) is 3.07. The first-order chi connectivity index (χ1) is 18.3. The third-order valence-corrected chi connectivity index (χ3v) is 6.35. The number of aryl methyl sites for hydroxylation is 1. The summed E-state index contributed by atoms with van der Waals surface area (Å²) in [6, 6.07) is 4.56. The van der Waals surface area contributed by atoms with Crippen molar-refractivity contribution in [3.05, 3.63) is 56.7 Å². The number of carbonyl (C=O) groups excluding carboxylic acids is 1. The van der Waals surface area contributed by atoms with E-state index in [1.807, 2.05) is 13.8 Å². The SMILES string of the molecule is CCCn1c(=O)c2[nH]c(-c3cc(OCC4CC(=O)N(c5ccc(F)cc5F)C4)no3)nc2n(CCC)c1=O. The van der Waals surface area contributed by atoms with E-state index in [1.54, 1.807) is 0 Å². The molecule has 13 heteroatoms. The van der Waals surface area contributed by atoms with Crippen LogP contribution in [0.3, 0.4) is 0 Å². The second kappa shape index (κ2) is 10.2. The molecule has 0 bridgehead atoms. The maximum absolute atomic E-state index is 14.1. The highest BCUT2D eigenvalue weighted by atomic mass is 19.1. The Labute approximate surface area is 214 Å². The average molecular weight is 529 g/mol. The molecule has 4 aromatic rings. The minimum absolute atomic E-state index is 0.0204. The number of hydrogen-bond acceptors (Lipinski definition) is 7. The molecule has 0 aliphatic carbocycles. The molecule has 0 saturated carbocycles. The number of fused-ring (bicyclic) bond motifs is 1. The summed E-state index contributed by atoms with van der Waals surface area (Å²) in [5.74, 6) is -1.52. The fourth-order valence-corrected chi connectivity index (χ4v) is 4.60. The summed E-state index contributed by atoms with van der Waals surface area (Å²) in [5.41, 5.74) is -0.417. The van der Waals surface area contributed by atoms with Crippen molar-refractivity contribution < 1.29 is 22.8 Å². The lowest BCUT2D eigenvalue weighted by atomic mass is 10.1. The number of nitrogens with zero attached hydrogens (tertiary/aromatic N) is 5. The third kappa shape index (κ3) is 4.59. The Morgan fingerprint density at radius 1 is 1.11 bits per heavy atom. The van der Waals surface area contributed by atoms with Crippen molar-refractivity contribution in [2.24, 2.45) is 5.92 Å². The maximum atomic E-state index is 14.1. The van der Waals surface area contributed by atoms with Crippen LogP contribution in [0.1, 0.15) is 33.1 Å². The van der Waals surface area contributed by atoms with E-state index >= 15 is 0 Å². The first-order valence-corrected chi connectivity index (χ1v) is 12.4. The van der Waals surface area contributed by atoms with Crippen LogP contribution in [-0.4, -0.2) is 43.3 Å². The van der Waals surface area contributed by atoms with E-state index in [2.05, 4.69) is 15.1 Å². The number of ether oxygens (including phenoxy) is 1. The molecule has 1 atom stereocenters. The number of aromatic nitrogens is 5. The Morgan fingerprint density at radius 3 is 2.61 bits per heavy atom. The van der Waals surface area contributed by atoms with Crippen LogP contribution in [0.2, 0.25) is 0 Å². The van der Waals surface area contributed by atoms with Crippen LogP contribution in [0.15, 0.2) is 38.4 Å². The Morgan fingerprint density at radius 2 is 1.87 bits per heavy atom. The van der Waals surface area contributed by atoms with Crippen LogP contribution in [-0.2, 0) is 17.9 Å². The van der Waals surface area contributed by atoms with Gasteiger partial charge in [-0.05, 0) is 30.1 Å². The molecule has 38 heavy (non-hydrogen) atoms. The molecule has 5 rings (SSSR count). The molecule has 1 unspecified atom stereocenters. The summed E-state index contributed by atoms with van der Waals surface area (Å²) in [7, 11) is 0. The molecular weight excluding hydrogens is 502 g/mol. The molecule has 1 saturated heterocycles. The number of nitrogens with one attached hydrogen (secondary N) is 1. The van der Waals surface area contributed by atoms with E-state index in [9.17, 15) is 23.2 Å². The number of anilines is 1. The summed E-state index contributed by atoms with van der Waals surface area (Å²) in [5, 5.41) is 3.88. The van der Waals surface area contributed by atoms with Gasteiger partial charge in [0.05, 0.1) is 18.4 Å². The van der Waals surface area contributed by atoms with Crippen molar-refractivity contribution in [2.45, 2.75) is 46.2 Å². The van der Waals surface area contributed by atoms with Gasteiger partial charge in [0.25, 0.3) is 11.4 Å². The number of rotatable bonds is 9. The third-order valence-electron chi connectivity index (χ3n) is 6.35. The molecule has 0 spiro atoms. The molecule has 1 aliphatic heterocycles. The zero-order valence-electron chi connectivity index (χ0n) is 20.9. The lowest BCUT2D eigenvalue weighted by molar-refractivity contribution is -0.117. The molecule has 3 aromatic heterocycles. The van der Waals surface area contributed by atoms with Crippen molar-refractivity contribution in [1.82, 2.24) is 24.3 Å². The van der Waals surface area contributed by atoms with Gasteiger partial charge < -0.3 is 19.1 Å². The number of H-pyrrole nitrogens is 1. The number of hydrogen-bond donors (Lipinski definition) is 1. The average Bonchev–Trinajstić information content (AvgIpc) is 3.62. The van der Waals surface area contributed by atoms with Crippen molar-refractivity contribution in [1.29, 1.82) is 0 Å². The smallest absolute Gasteiger partial charge is 0.332 e. The predicted molar refractivity (Wildman–Crippen MR) is 133 cm³/mol. The van der Waals surface area contributed by atoms with Gasteiger partial charge in [0, 0.05) is 38.0 Å². The standard InChI is InChI=1S/C25H26F2N6O5/c1-3-7-31-23-21(24(35)32(8-4-2)25(31)36)28-22(29-23)18-11-19(30-38-18)37-13-14-9-20(34)33(12-14)17-6-5-15(26)10-16(17)27/h5-6,10-11,14H,3-4,7-9,12-13H2,1-2H3,(H,28,29). The van der Waals surface area contributed by atoms with Crippen molar-refractivity contribution in [3.8, 4) is 17.5 Å². The fourth-order valence-electron chi connectivity index (χ4n) is 4.60. The molecule has 0 radical (unpaired) electrons. The van der Waals surface area contributed by atoms with Gasteiger partial charge in [0.15, 0.2) is 17.0 Å². The van der Waals surface area contributed by atoms with Gasteiger partial charge in [-0.25, -0.2) is 18.6 Å². The summed E-state index contributed by atoms with van der Waals surface area (Å²) in [4.78, 5) is 46.9. The first kappa shape index (κ1) is 25.4. The number of benzene rings is 1. The number of amides is 1. The minimum atomic E-state index is -0.808. The number of carbonyl (C=O) groups is 1. The zero-order valence-corrected chi connectivity index (χ0v) is 20.9. The first-order valence-electron chi connectivity index (χ1n) is 12.4. The van der Waals surface area contributed by atoms with Gasteiger partial charge in [-0.3, -0.25) is 18.7 Å². The van der Waals surface area contributed by atoms with Gasteiger partial charge in [0.2, 0.25) is 11.7 Å². The lowest BCUT2D eigenvalue weighted by Crippen LogP contribution is -2.40. The lowest BCUT2D eigenvalue weighted by Gasteiger charge is -2.17. The molecule has 1 fully saturated rings. The van der Waals surface area contributed by atoms with E-state index in [0.717, 1.165) is 12.1 Å². The Kier molecular flexibility index (Phi) is 6.83. The van der Waals surface area contributed by atoms with E-state index in [1.165, 1.54) is 26.2 Å². The Balaban J connectivity index is 1.33. The normalized spacial score (nSPS) is 15.6. The van der Waals surface area contributed by atoms with Gasteiger partial charge in [-0.2, -0.15) is 0 Å². The summed E-state index contributed by atoms with van der Waals surface area (Å²) < 4.78 is 41.1. The van der Waals surface area contributed by atoms with Crippen LogP contribution >= 0.6 is 0 Å². The zero-order chi connectivity index (χ0) is 27.0. The van der Waals surface area contributed by atoms with Crippen molar-refractivity contribution >= 4 is 22.8 Å². The summed E-state index contributed by atoms with van der Waals surface area (Å²) in [6.07, 6.45) is 1.43. The largest absolute Gasteiger partial charge is 0.475 e. The molecule has 11 nitrogen and oxygen atoms in total. The van der Waals surface area contributed by atoms with Gasteiger partial charge in [0.1, 0.15) is 11.6 Å². The van der Waals surface area contributed by atoms with Crippen LogP contribution < -0.4 is 20.9 Å². The monoisotopic (exact) mass is 528 g/mol. The fraction of sp³-hybridized carbons (Fsp3) is 0.400. The van der Waals surface area contributed by atoms with Crippen molar-refractivity contribution in [3.63, 3.8) is 0 Å². The Hall–Kier alpha value is -4.29. The summed E-state index contributed by atoms with van der Waals surface area (Å²) >= 11 is 0. The topological polar surface area (TPSA) is 128 Å². The Bertz CT molecular complexity index is 1620. The van der Waals surface area contributed by atoms with Gasteiger partial charge in [-0.15, -0.1) is 0 Å². The molecule has 1 aliphatic rings. The van der Waals surface area contributed by atoms with Gasteiger partial charge in [-0.1, -0.05) is 13.8 Å². The molecule has 1 aromatic carbocycles. The number of aromatic amines is 1. The second-order valence-electron chi connectivity index (χ2n) is 9.19. The van der Waals surface area contributed by atoms with E-state index < -0.39 is 22.9 Å². The highest BCUT2D eigenvalue weighted by Crippen LogP contribution is 2.29. The van der Waals surface area contributed by atoms with Crippen molar-refractivity contribution in [2.75, 3.05) is 18.1 Å². The maximum Gasteiger partial charge on any atom is 0.332 e. The highest BCUT2D eigenvalue weighted by Gasteiger charge is 2.33. The minimum Gasteiger partial charge on any atom is -0.475 e. The molecular formula is C25H26F2N6O5. The molecule has 1 N–H and O–H groups in total. The second-order valence-corrected chi connectivity index (χ2v) is 9.19. The molecule has 200 valence electrons. The molecule has 1 amide bonds. The van der Waals surface area contributed by atoms with E-state index in [0.29, 0.717) is 25.9 Å². The quantitative estimate of drug-likeness (QED) is 0.354.